The number of benzene rings is 2. The largest absolute Gasteiger partial charge is 0.503 e. The molecule has 1 unspecified atom stereocenters. The molecule has 0 bridgehead atoms. The molecule has 0 spiro atoms. The Labute approximate surface area is 203 Å². The fourth-order valence-corrected chi connectivity index (χ4v) is 5.16. The fourth-order valence-electron chi connectivity index (χ4n) is 4.48. The number of carbonyl (C=O) groups is 2. The first-order valence-corrected chi connectivity index (χ1v) is 11.6. The van der Waals surface area contributed by atoms with Gasteiger partial charge >= 0.3 is 0 Å². The minimum absolute atomic E-state index is 0.000822. The predicted molar refractivity (Wildman–Crippen MR) is 123 cm³/mol. The topological polar surface area (TPSA) is 104 Å². The average molecular weight is 493 g/mol. The molecule has 6 rings (SSSR count). The van der Waals surface area contributed by atoms with E-state index < -0.39 is 23.5 Å². The highest BCUT2D eigenvalue weighted by Crippen LogP contribution is 2.48. The second-order valence-corrected chi connectivity index (χ2v) is 9.00. The lowest BCUT2D eigenvalue weighted by atomic mass is 9.94. The highest BCUT2D eigenvalue weighted by atomic mass is 32.1. The lowest BCUT2D eigenvalue weighted by Crippen LogP contribution is -2.30. The van der Waals surface area contributed by atoms with Crippen molar-refractivity contribution in [1.82, 2.24) is 4.90 Å². The number of rotatable bonds is 6. The molecule has 3 aliphatic heterocycles. The van der Waals surface area contributed by atoms with Crippen LogP contribution in [0.3, 0.4) is 0 Å². The maximum atomic E-state index is 13.5. The summed E-state index contributed by atoms with van der Waals surface area (Å²) in [6, 6.07) is 11.3. The van der Waals surface area contributed by atoms with Crippen LogP contribution in [0.15, 0.2) is 59.2 Å². The molecule has 1 aromatic heterocycles. The van der Waals surface area contributed by atoms with Crippen molar-refractivity contribution >= 4 is 23.0 Å². The lowest BCUT2D eigenvalue weighted by molar-refractivity contribution is -0.130. The predicted octanol–water partition coefficient (Wildman–Crippen LogP) is 3.99. The molecule has 2 aromatic carbocycles. The number of Topliss-reactive ketones (excluding diaryl/α,β-unsaturated/α-hetero) is 1. The number of aliphatic hydroxyl groups is 1. The average Bonchev–Trinajstić information content (AvgIpc) is 3.67. The van der Waals surface area contributed by atoms with Crippen LogP contribution in [0.1, 0.15) is 26.8 Å². The molecule has 0 aliphatic carbocycles. The lowest BCUT2D eigenvalue weighted by Gasteiger charge is -2.27. The summed E-state index contributed by atoms with van der Waals surface area (Å²) >= 11 is 1.24. The summed E-state index contributed by atoms with van der Waals surface area (Å²) in [4.78, 5) is 28.7. The summed E-state index contributed by atoms with van der Waals surface area (Å²) in [6.45, 7) is 0.271. The highest BCUT2D eigenvalue weighted by molar-refractivity contribution is 7.12. The molecule has 4 heterocycles. The minimum Gasteiger partial charge on any atom is -0.503 e. The standard InChI is InChI=1S/C25H19NO8S/c1-30-17-8-14(9-18-24(17)34-12-33-18)21-20(22(27)19-3-2-6-35-19)23(28)25(29)26(21)10-13-4-5-15-16(7-13)32-11-31-15/h2-9,21,28H,10-12H2,1H3. The Morgan fingerprint density at radius 3 is 2.69 bits per heavy atom. The van der Waals surface area contributed by atoms with Crippen molar-refractivity contribution in [2.75, 3.05) is 20.7 Å². The third kappa shape index (κ3) is 3.45. The zero-order valence-electron chi connectivity index (χ0n) is 18.5. The molecule has 0 saturated heterocycles. The number of fused-ring (bicyclic) bond motifs is 2. The van der Waals surface area contributed by atoms with E-state index in [4.69, 9.17) is 23.7 Å². The van der Waals surface area contributed by atoms with E-state index in [1.54, 1.807) is 41.8 Å². The van der Waals surface area contributed by atoms with Gasteiger partial charge in [0, 0.05) is 6.54 Å². The second kappa shape index (κ2) is 8.24. The smallest absolute Gasteiger partial charge is 0.290 e. The Morgan fingerprint density at radius 2 is 1.89 bits per heavy atom. The molecule has 178 valence electrons. The number of ether oxygens (including phenoxy) is 5. The number of amides is 1. The maximum absolute atomic E-state index is 13.5. The molecule has 1 N–H and O–H groups in total. The second-order valence-electron chi connectivity index (χ2n) is 8.05. The summed E-state index contributed by atoms with van der Waals surface area (Å²) in [7, 11) is 1.50. The monoisotopic (exact) mass is 493 g/mol. The first-order valence-electron chi connectivity index (χ1n) is 10.7. The quantitative estimate of drug-likeness (QED) is 0.514. The molecule has 3 aromatic rings. The minimum atomic E-state index is -0.883. The number of thiophene rings is 1. The van der Waals surface area contributed by atoms with Gasteiger partial charge in [-0.1, -0.05) is 12.1 Å². The summed E-state index contributed by atoms with van der Waals surface area (Å²) in [5, 5.41) is 12.7. The van der Waals surface area contributed by atoms with Crippen LogP contribution in [0.4, 0.5) is 0 Å². The fraction of sp³-hybridized carbons (Fsp3) is 0.200. The number of hydrogen-bond acceptors (Lipinski definition) is 9. The molecule has 10 heteroatoms. The van der Waals surface area contributed by atoms with Crippen molar-refractivity contribution in [2.24, 2.45) is 0 Å². The van der Waals surface area contributed by atoms with Crippen LogP contribution in [-0.2, 0) is 11.3 Å². The SMILES string of the molecule is COc1cc(C2C(C(=O)c3cccs3)=C(O)C(=O)N2Cc2ccc3c(c2)OCO3)cc2c1OCO2. The van der Waals surface area contributed by atoms with Crippen LogP contribution in [-0.4, -0.2) is 42.4 Å². The zero-order chi connectivity index (χ0) is 24.1. The van der Waals surface area contributed by atoms with Crippen molar-refractivity contribution in [3.8, 4) is 28.7 Å². The Bertz CT molecular complexity index is 1380. The maximum Gasteiger partial charge on any atom is 0.290 e. The van der Waals surface area contributed by atoms with Crippen molar-refractivity contribution < 1.29 is 38.4 Å². The molecule has 0 saturated carbocycles. The summed E-state index contributed by atoms with van der Waals surface area (Å²) in [5.74, 6) is 0.831. The molecule has 35 heavy (non-hydrogen) atoms. The molecule has 9 nitrogen and oxygen atoms in total. The van der Waals surface area contributed by atoms with Crippen LogP contribution in [0.25, 0.3) is 0 Å². The zero-order valence-corrected chi connectivity index (χ0v) is 19.3. The van der Waals surface area contributed by atoms with Gasteiger partial charge in [0.2, 0.25) is 25.1 Å². The first kappa shape index (κ1) is 21.4. The van der Waals surface area contributed by atoms with Gasteiger partial charge < -0.3 is 33.7 Å². The van der Waals surface area contributed by atoms with Crippen molar-refractivity contribution in [2.45, 2.75) is 12.6 Å². The molecular formula is C25H19NO8S. The van der Waals surface area contributed by atoms with E-state index in [0.29, 0.717) is 39.2 Å². The molecular weight excluding hydrogens is 474 g/mol. The van der Waals surface area contributed by atoms with E-state index in [9.17, 15) is 14.7 Å². The van der Waals surface area contributed by atoms with Crippen LogP contribution in [0, 0.1) is 0 Å². The first-order chi connectivity index (χ1) is 17.0. The van der Waals surface area contributed by atoms with Crippen LogP contribution in [0.5, 0.6) is 28.7 Å². The van der Waals surface area contributed by atoms with E-state index in [-0.39, 0.29) is 25.7 Å². The van der Waals surface area contributed by atoms with Crippen LogP contribution in [0.2, 0.25) is 0 Å². The van der Waals surface area contributed by atoms with Gasteiger partial charge in [0.15, 0.2) is 28.8 Å². The molecule has 0 radical (unpaired) electrons. The van der Waals surface area contributed by atoms with E-state index in [1.807, 2.05) is 6.07 Å². The Kier molecular flexibility index (Phi) is 5.03. The summed E-state index contributed by atoms with van der Waals surface area (Å²) in [5.41, 5.74) is 1.29. The Balaban J connectivity index is 1.46. The number of nitrogens with zero attached hydrogens (tertiary/aromatic N) is 1. The molecule has 3 aliphatic rings. The summed E-state index contributed by atoms with van der Waals surface area (Å²) in [6.07, 6.45) is 0. The van der Waals surface area contributed by atoms with E-state index in [0.717, 1.165) is 5.56 Å². The normalized spacial score (nSPS) is 17.9. The number of carbonyl (C=O) groups excluding carboxylic acids is 2. The van der Waals surface area contributed by atoms with E-state index in [2.05, 4.69) is 0 Å². The third-order valence-corrected chi connectivity index (χ3v) is 6.95. The number of aliphatic hydroxyl groups excluding tert-OH is 1. The molecule has 1 amide bonds. The van der Waals surface area contributed by atoms with Crippen molar-refractivity contribution in [3.05, 3.63) is 75.2 Å². The van der Waals surface area contributed by atoms with Gasteiger partial charge in [-0.05, 0) is 46.8 Å². The van der Waals surface area contributed by atoms with Gasteiger partial charge in [-0.25, -0.2) is 0 Å². The molecule has 1 atom stereocenters. The number of methoxy groups -OCH3 is 1. The van der Waals surface area contributed by atoms with E-state index >= 15 is 0 Å². The molecule has 0 fully saturated rings. The Hall–Kier alpha value is -4.18. The van der Waals surface area contributed by atoms with Crippen molar-refractivity contribution in [1.29, 1.82) is 0 Å². The van der Waals surface area contributed by atoms with Crippen molar-refractivity contribution in [3.63, 3.8) is 0 Å². The van der Waals surface area contributed by atoms with Gasteiger partial charge in [-0.15, -0.1) is 11.3 Å². The van der Waals surface area contributed by atoms with Gasteiger partial charge in [0.05, 0.1) is 23.6 Å². The van der Waals surface area contributed by atoms with Gasteiger partial charge in [-0.3, -0.25) is 9.59 Å². The highest BCUT2D eigenvalue weighted by Gasteiger charge is 2.45. The van der Waals surface area contributed by atoms with E-state index in [1.165, 1.54) is 23.3 Å². The van der Waals surface area contributed by atoms with Crippen LogP contribution >= 0.6 is 11.3 Å². The third-order valence-electron chi connectivity index (χ3n) is 6.08. The Morgan fingerprint density at radius 1 is 1.09 bits per heavy atom. The summed E-state index contributed by atoms with van der Waals surface area (Å²) < 4.78 is 27.4. The van der Waals surface area contributed by atoms with Gasteiger partial charge in [0.25, 0.3) is 5.91 Å². The number of ketones is 1. The van der Waals surface area contributed by atoms with Gasteiger partial charge in [0.1, 0.15) is 0 Å². The van der Waals surface area contributed by atoms with Gasteiger partial charge in [-0.2, -0.15) is 0 Å². The van der Waals surface area contributed by atoms with Crippen LogP contribution < -0.4 is 23.7 Å². The number of hydrogen-bond donors (Lipinski definition) is 1.